The predicted molar refractivity (Wildman–Crippen MR) is 76.4 cm³/mol. The number of nitriles is 1. The molecule has 0 radical (unpaired) electrons. The number of fused-ring (bicyclic) bond motifs is 1. The fraction of sp³-hybridized carbons (Fsp3) is 0.0714. The average molecular weight is 302 g/mol. The molecule has 0 fully saturated rings. The Morgan fingerprint density at radius 2 is 2.24 bits per heavy atom. The van der Waals surface area contributed by atoms with Gasteiger partial charge in [-0.1, -0.05) is 23.7 Å². The van der Waals surface area contributed by atoms with Gasteiger partial charge in [0.1, 0.15) is 28.4 Å². The van der Waals surface area contributed by atoms with Gasteiger partial charge in [0.15, 0.2) is 5.65 Å². The Balaban J connectivity index is 1.94. The molecule has 0 atom stereocenters. The van der Waals surface area contributed by atoms with E-state index in [1.54, 1.807) is 18.2 Å². The summed E-state index contributed by atoms with van der Waals surface area (Å²) in [5.41, 5.74) is 1.50. The number of anilines is 1. The summed E-state index contributed by atoms with van der Waals surface area (Å²) < 4.78 is 14.6. The molecule has 0 unspecified atom stereocenters. The van der Waals surface area contributed by atoms with E-state index in [1.807, 2.05) is 6.07 Å². The van der Waals surface area contributed by atoms with Gasteiger partial charge in [0.2, 0.25) is 0 Å². The van der Waals surface area contributed by atoms with Gasteiger partial charge in [-0.05, 0) is 17.7 Å². The van der Waals surface area contributed by atoms with Crippen LogP contribution < -0.4 is 5.32 Å². The minimum absolute atomic E-state index is 0.251. The number of aromatic nitrogens is 3. The molecule has 0 aliphatic rings. The van der Waals surface area contributed by atoms with E-state index in [0.29, 0.717) is 23.6 Å². The zero-order valence-corrected chi connectivity index (χ0v) is 11.5. The summed E-state index contributed by atoms with van der Waals surface area (Å²) in [5, 5.41) is 16.5. The Labute approximate surface area is 124 Å². The van der Waals surface area contributed by atoms with E-state index in [2.05, 4.69) is 15.4 Å². The van der Waals surface area contributed by atoms with Crippen LogP contribution in [-0.4, -0.2) is 14.6 Å². The van der Waals surface area contributed by atoms with Crippen LogP contribution in [0, 0.1) is 17.1 Å². The van der Waals surface area contributed by atoms with Crippen molar-refractivity contribution in [2.75, 3.05) is 5.32 Å². The summed E-state index contributed by atoms with van der Waals surface area (Å²) in [5.74, 6) is 0.286. The summed E-state index contributed by atoms with van der Waals surface area (Å²) in [6.07, 6.45) is 1.42. The molecule has 5 nitrogen and oxygen atoms in total. The molecule has 2 heterocycles. The molecule has 0 bridgehead atoms. The first kappa shape index (κ1) is 13.3. The lowest BCUT2D eigenvalue weighted by atomic mass is 10.2. The lowest BCUT2D eigenvalue weighted by molar-refractivity contribution is 0.626. The monoisotopic (exact) mass is 301 g/mol. The van der Waals surface area contributed by atoms with Crippen LogP contribution in [0.2, 0.25) is 5.15 Å². The van der Waals surface area contributed by atoms with E-state index in [0.717, 1.165) is 5.56 Å². The normalized spacial score (nSPS) is 10.5. The van der Waals surface area contributed by atoms with E-state index in [9.17, 15) is 4.39 Å². The highest BCUT2D eigenvalue weighted by atomic mass is 35.5. The van der Waals surface area contributed by atoms with Gasteiger partial charge in [-0.3, -0.25) is 0 Å². The van der Waals surface area contributed by atoms with Crippen molar-refractivity contribution in [3.63, 3.8) is 0 Å². The molecule has 3 rings (SSSR count). The zero-order valence-electron chi connectivity index (χ0n) is 10.7. The van der Waals surface area contributed by atoms with E-state index >= 15 is 0 Å². The number of rotatable bonds is 3. The molecule has 104 valence electrons. The third kappa shape index (κ3) is 2.64. The number of nitrogens with zero attached hydrogens (tertiary/aromatic N) is 4. The summed E-state index contributed by atoms with van der Waals surface area (Å²) >= 11 is 5.96. The number of halogens is 2. The van der Waals surface area contributed by atoms with Crippen molar-refractivity contribution in [1.29, 1.82) is 5.26 Å². The van der Waals surface area contributed by atoms with Gasteiger partial charge in [-0.15, -0.1) is 0 Å². The first-order chi connectivity index (χ1) is 10.2. The van der Waals surface area contributed by atoms with E-state index in [-0.39, 0.29) is 11.0 Å². The second kappa shape index (κ2) is 5.38. The highest BCUT2D eigenvalue weighted by Gasteiger charge is 2.10. The van der Waals surface area contributed by atoms with E-state index in [1.165, 1.54) is 22.8 Å². The van der Waals surface area contributed by atoms with Crippen LogP contribution in [0.25, 0.3) is 5.65 Å². The minimum atomic E-state index is -0.293. The van der Waals surface area contributed by atoms with Gasteiger partial charge in [-0.2, -0.15) is 14.9 Å². The molecule has 2 aromatic heterocycles. The Morgan fingerprint density at radius 1 is 1.38 bits per heavy atom. The van der Waals surface area contributed by atoms with E-state index in [4.69, 9.17) is 16.9 Å². The van der Waals surface area contributed by atoms with Crippen molar-refractivity contribution in [2.24, 2.45) is 0 Å². The third-order valence-corrected chi connectivity index (χ3v) is 3.12. The summed E-state index contributed by atoms with van der Waals surface area (Å²) in [6, 6.07) is 9.88. The number of hydrogen-bond acceptors (Lipinski definition) is 4. The third-order valence-electron chi connectivity index (χ3n) is 2.92. The summed E-state index contributed by atoms with van der Waals surface area (Å²) in [4.78, 5) is 4.08. The molecule has 1 N–H and O–H groups in total. The highest BCUT2D eigenvalue weighted by Crippen LogP contribution is 2.19. The lowest BCUT2D eigenvalue weighted by Crippen LogP contribution is -2.06. The molecule has 0 spiro atoms. The van der Waals surface area contributed by atoms with Crippen LogP contribution in [-0.2, 0) is 6.54 Å². The van der Waals surface area contributed by atoms with Crippen LogP contribution in [0.4, 0.5) is 10.2 Å². The summed E-state index contributed by atoms with van der Waals surface area (Å²) in [6.45, 7) is 0.398. The van der Waals surface area contributed by atoms with Crippen LogP contribution in [0.15, 0.2) is 36.5 Å². The molecule has 21 heavy (non-hydrogen) atoms. The number of nitrogens with one attached hydrogen (secondary N) is 1. The van der Waals surface area contributed by atoms with Gasteiger partial charge in [0.05, 0.1) is 6.20 Å². The largest absolute Gasteiger partial charge is 0.366 e. The Kier molecular flexibility index (Phi) is 3.42. The van der Waals surface area contributed by atoms with Gasteiger partial charge >= 0.3 is 0 Å². The molecule has 7 heteroatoms. The molecule has 0 saturated heterocycles. The highest BCUT2D eigenvalue weighted by molar-refractivity contribution is 6.29. The second-order valence-corrected chi connectivity index (χ2v) is 4.74. The molecular weight excluding hydrogens is 293 g/mol. The number of hydrogen-bond donors (Lipinski definition) is 1. The molecule has 0 aliphatic heterocycles. The van der Waals surface area contributed by atoms with Gasteiger partial charge in [-0.25, -0.2) is 9.37 Å². The Hall–Kier alpha value is -2.65. The smallest absolute Gasteiger partial charge is 0.176 e. The second-order valence-electron chi connectivity index (χ2n) is 4.35. The predicted octanol–water partition coefficient (Wildman–Crippen LogP) is 3.01. The van der Waals surface area contributed by atoms with Gasteiger partial charge in [0, 0.05) is 12.6 Å². The zero-order chi connectivity index (χ0) is 14.8. The van der Waals surface area contributed by atoms with Crippen LogP contribution >= 0.6 is 11.6 Å². The molecule has 0 amide bonds. The van der Waals surface area contributed by atoms with Crippen LogP contribution in [0.5, 0.6) is 0 Å². The fourth-order valence-electron chi connectivity index (χ4n) is 1.98. The summed E-state index contributed by atoms with van der Waals surface area (Å²) in [7, 11) is 0. The molecule has 0 saturated carbocycles. The molecular formula is C14H9ClFN5. The topological polar surface area (TPSA) is 66.0 Å². The van der Waals surface area contributed by atoms with Crippen molar-refractivity contribution in [2.45, 2.75) is 6.54 Å². The van der Waals surface area contributed by atoms with Crippen LogP contribution in [0.1, 0.15) is 11.1 Å². The first-order valence-electron chi connectivity index (χ1n) is 6.10. The fourth-order valence-corrected chi connectivity index (χ4v) is 2.16. The van der Waals surface area contributed by atoms with Crippen molar-refractivity contribution in [1.82, 2.24) is 14.6 Å². The van der Waals surface area contributed by atoms with Gasteiger partial charge < -0.3 is 5.32 Å². The van der Waals surface area contributed by atoms with Crippen molar-refractivity contribution in [3.05, 3.63) is 58.6 Å². The quantitative estimate of drug-likeness (QED) is 0.755. The minimum Gasteiger partial charge on any atom is -0.366 e. The van der Waals surface area contributed by atoms with Crippen molar-refractivity contribution in [3.8, 4) is 6.07 Å². The Morgan fingerprint density at radius 3 is 3.00 bits per heavy atom. The van der Waals surface area contributed by atoms with E-state index < -0.39 is 0 Å². The lowest BCUT2D eigenvalue weighted by Gasteiger charge is -2.09. The van der Waals surface area contributed by atoms with Gasteiger partial charge in [0.25, 0.3) is 0 Å². The number of benzene rings is 1. The molecule has 1 aromatic carbocycles. The SMILES string of the molecule is N#Cc1cnn2c(NCc3cccc(F)c3)cc(Cl)nc12. The molecule has 0 aliphatic carbocycles. The Bertz CT molecular complexity index is 852. The maximum atomic E-state index is 13.1. The van der Waals surface area contributed by atoms with Crippen molar-refractivity contribution >= 4 is 23.1 Å². The first-order valence-corrected chi connectivity index (χ1v) is 6.48. The maximum Gasteiger partial charge on any atom is 0.176 e. The van der Waals surface area contributed by atoms with Crippen LogP contribution in [0.3, 0.4) is 0 Å². The average Bonchev–Trinajstić information content (AvgIpc) is 2.87. The standard InChI is InChI=1S/C14H9ClFN5/c15-12-5-13(18-7-9-2-1-3-11(16)4-9)21-14(20-12)10(6-17)8-19-21/h1-5,8,18H,7H2. The molecule has 3 aromatic rings. The van der Waals surface area contributed by atoms with Crippen molar-refractivity contribution < 1.29 is 4.39 Å². The maximum absolute atomic E-state index is 13.1.